The highest BCUT2D eigenvalue weighted by molar-refractivity contribution is 7.89. The number of primary sulfonamides is 1. The van der Waals surface area contributed by atoms with Gasteiger partial charge in [-0.3, -0.25) is 9.36 Å². The Hall–Kier alpha value is -3.58. The van der Waals surface area contributed by atoms with Crippen molar-refractivity contribution in [2.45, 2.75) is 68.3 Å². The van der Waals surface area contributed by atoms with Crippen molar-refractivity contribution in [2.24, 2.45) is 10.2 Å². The van der Waals surface area contributed by atoms with Crippen LogP contribution in [0.5, 0.6) is 0 Å². The molecule has 0 atom stereocenters. The summed E-state index contributed by atoms with van der Waals surface area (Å²) < 4.78 is 31.0. The van der Waals surface area contributed by atoms with Crippen LogP contribution in [0, 0.1) is 0 Å². The van der Waals surface area contributed by atoms with Crippen molar-refractivity contribution < 1.29 is 17.9 Å². The molecular formula is C23H26N8O4S. The molecule has 12 nitrogen and oxygen atoms in total. The first kappa shape index (κ1) is 22.9. The Bertz CT molecular complexity index is 1490. The fraction of sp³-hybridized carbons (Fsp3) is 0.435. The van der Waals surface area contributed by atoms with Crippen LogP contribution in [0.4, 0.5) is 17.6 Å². The third-order valence-electron chi connectivity index (χ3n) is 6.90. The number of pyridine rings is 1. The van der Waals surface area contributed by atoms with Gasteiger partial charge in [0, 0.05) is 24.7 Å². The van der Waals surface area contributed by atoms with Gasteiger partial charge in [0.15, 0.2) is 0 Å². The normalized spacial score (nSPS) is 19.2. The van der Waals surface area contributed by atoms with Gasteiger partial charge in [0.25, 0.3) is 0 Å². The van der Waals surface area contributed by atoms with E-state index in [-0.39, 0.29) is 16.9 Å². The molecular weight excluding hydrogens is 484 g/mol. The summed E-state index contributed by atoms with van der Waals surface area (Å²) in [5.41, 5.74) is 0.101. The summed E-state index contributed by atoms with van der Waals surface area (Å²) in [6.45, 7) is 1.40. The van der Waals surface area contributed by atoms with E-state index in [9.17, 15) is 13.2 Å². The molecule has 4 heterocycles. The molecule has 1 spiro atoms. The largest absolute Gasteiger partial charge is 0.407 e. The third kappa shape index (κ3) is 3.88. The van der Waals surface area contributed by atoms with E-state index in [4.69, 9.17) is 20.0 Å². The predicted octanol–water partition coefficient (Wildman–Crippen LogP) is 2.74. The van der Waals surface area contributed by atoms with E-state index in [1.54, 1.807) is 6.20 Å². The maximum Gasteiger partial charge on any atom is 0.309 e. The number of rotatable bonds is 4. The van der Waals surface area contributed by atoms with Crippen LogP contribution in [-0.2, 0) is 25.1 Å². The Morgan fingerprint density at radius 3 is 2.58 bits per heavy atom. The van der Waals surface area contributed by atoms with Gasteiger partial charge in [0.05, 0.1) is 6.04 Å². The minimum absolute atomic E-state index is 0.0817. The van der Waals surface area contributed by atoms with Crippen LogP contribution in [0.15, 0.2) is 40.6 Å². The number of aromatic nitrogens is 4. The number of anilines is 3. The van der Waals surface area contributed by atoms with Crippen molar-refractivity contribution in [3.8, 4) is 0 Å². The van der Waals surface area contributed by atoms with E-state index in [0.29, 0.717) is 23.3 Å². The summed E-state index contributed by atoms with van der Waals surface area (Å²) in [5.74, 6) is 1.65. The van der Waals surface area contributed by atoms with Gasteiger partial charge in [-0.2, -0.15) is 4.98 Å². The number of carbonyl (C=O) groups excluding carboxylic acids is 1. The van der Waals surface area contributed by atoms with Crippen LogP contribution in [-0.4, -0.2) is 45.8 Å². The van der Waals surface area contributed by atoms with Crippen molar-refractivity contribution in [1.29, 1.82) is 0 Å². The van der Waals surface area contributed by atoms with E-state index < -0.39 is 15.6 Å². The molecule has 0 aromatic carbocycles. The van der Waals surface area contributed by atoms with Gasteiger partial charge in [-0.15, -0.1) is 5.10 Å². The standard InChI is InChI=1S/C23H26N8O4S/c1-14(32)35-21-23(9-3-2-4-10-23)30-19(31(29-21)16-5-6-16)11-15-12-26-22(28-20(15)30)27-18-8-7-17(13-25-18)36(24,33)34/h7-8,11-13,16H,2-6,9-10H2,1H3,(H2,24,33,34)(H,25,26,27,28). The number of fused-ring (bicyclic) bond motifs is 4. The van der Waals surface area contributed by atoms with Crippen LogP contribution >= 0.6 is 0 Å². The molecule has 3 aliphatic rings. The summed E-state index contributed by atoms with van der Waals surface area (Å²) in [7, 11) is -3.84. The van der Waals surface area contributed by atoms with Gasteiger partial charge in [-0.05, 0) is 43.9 Å². The number of hydrazone groups is 1. The molecule has 0 unspecified atom stereocenters. The Morgan fingerprint density at radius 2 is 1.94 bits per heavy atom. The number of sulfonamides is 1. The molecule has 0 bridgehead atoms. The molecule has 0 radical (unpaired) electrons. The summed E-state index contributed by atoms with van der Waals surface area (Å²) in [6.07, 6.45) is 9.61. The molecule has 3 N–H and O–H groups in total. The lowest BCUT2D eigenvalue weighted by molar-refractivity contribution is -0.133. The van der Waals surface area contributed by atoms with Gasteiger partial charge in [0.2, 0.25) is 21.9 Å². The second kappa shape index (κ2) is 8.23. The average molecular weight is 511 g/mol. The lowest BCUT2D eigenvalue weighted by Crippen LogP contribution is -2.51. The molecule has 2 aliphatic carbocycles. The minimum atomic E-state index is -3.84. The molecule has 188 valence electrons. The summed E-state index contributed by atoms with van der Waals surface area (Å²) in [6, 6.07) is 5.17. The number of nitrogens with two attached hydrogens (primary N) is 1. The number of nitrogens with zero attached hydrogens (tertiary/aromatic N) is 6. The molecule has 36 heavy (non-hydrogen) atoms. The molecule has 6 rings (SSSR count). The monoisotopic (exact) mass is 510 g/mol. The van der Waals surface area contributed by atoms with Crippen LogP contribution in [0.3, 0.4) is 0 Å². The lowest BCUT2D eigenvalue weighted by Gasteiger charge is -2.44. The SMILES string of the molecule is CC(=O)OC1=NN(C2CC2)c2cc3cnc(Nc4ccc(S(N)(=O)=O)cn4)nc3n2C12CCCCC2. The van der Waals surface area contributed by atoms with Crippen LogP contribution < -0.4 is 15.5 Å². The Balaban J connectivity index is 1.45. The van der Waals surface area contributed by atoms with Gasteiger partial charge >= 0.3 is 5.97 Å². The number of nitrogens with one attached hydrogen (secondary N) is 1. The number of ether oxygens (including phenoxy) is 1. The van der Waals surface area contributed by atoms with E-state index in [1.165, 1.54) is 25.3 Å². The Labute approximate surface area is 207 Å². The molecule has 0 amide bonds. The molecule has 3 aromatic heterocycles. The molecule has 2 fully saturated rings. The van der Waals surface area contributed by atoms with Crippen molar-refractivity contribution in [2.75, 3.05) is 10.3 Å². The topological polar surface area (TPSA) is 158 Å². The fourth-order valence-corrected chi connectivity index (χ4v) is 5.57. The van der Waals surface area contributed by atoms with E-state index in [0.717, 1.165) is 56.1 Å². The smallest absolute Gasteiger partial charge is 0.309 e. The van der Waals surface area contributed by atoms with Gasteiger partial charge < -0.3 is 10.1 Å². The number of esters is 1. The van der Waals surface area contributed by atoms with E-state index in [1.807, 2.05) is 11.1 Å². The van der Waals surface area contributed by atoms with E-state index >= 15 is 0 Å². The van der Waals surface area contributed by atoms with Gasteiger partial charge in [0.1, 0.15) is 27.7 Å². The second-order valence-corrected chi connectivity index (χ2v) is 11.1. The quantitative estimate of drug-likeness (QED) is 0.503. The Kier molecular flexibility index (Phi) is 5.23. The van der Waals surface area contributed by atoms with Crippen LogP contribution in [0.1, 0.15) is 51.9 Å². The Morgan fingerprint density at radius 1 is 1.17 bits per heavy atom. The zero-order valence-electron chi connectivity index (χ0n) is 19.7. The first-order valence-electron chi connectivity index (χ1n) is 12.0. The summed E-state index contributed by atoms with van der Waals surface area (Å²) in [4.78, 5) is 25.4. The lowest BCUT2D eigenvalue weighted by atomic mass is 9.80. The zero-order chi connectivity index (χ0) is 25.1. The minimum Gasteiger partial charge on any atom is -0.407 e. The summed E-state index contributed by atoms with van der Waals surface area (Å²) >= 11 is 0. The highest BCUT2D eigenvalue weighted by Crippen LogP contribution is 2.48. The number of hydrogen-bond acceptors (Lipinski definition) is 10. The van der Waals surface area contributed by atoms with Crippen LogP contribution in [0.25, 0.3) is 11.0 Å². The second-order valence-electron chi connectivity index (χ2n) is 9.53. The highest BCUT2D eigenvalue weighted by Gasteiger charge is 2.49. The van der Waals surface area contributed by atoms with Crippen LogP contribution in [0.2, 0.25) is 0 Å². The van der Waals surface area contributed by atoms with E-state index in [2.05, 4.69) is 19.9 Å². The van der Waals surface area contributed by atoms with Crippen molar-refractivity contribution in [1.82, 2.24) is 19.5 Å². The maximum absolute atomic E-state index is 12.1. The molecule has 3 aromatic rings. The molecule has 0 saturated heterocycles. The highest BCUT2D eigenvalue weighted by atomic mass is 32.2. The maximum atomic E-state index is 12.1. The molecule has 2 saturated carbocycles. The number of carbonyl (C=O) groups is 1. The predicted molar refractivity (Wildman–Crippen MR) is 132 cm³/mol. The third-order valence-corrected chi connectivity index (χ3v) is 7.80. The fourth-order valence-electron chi connectivity index (χ4n) is 5.11. The first-order chi connectivity index (χ1) is 17.2. The van der Waals surface area contributed by atoms with Crippen molar-refractivity contribution in [3.05, 3.63) is 30.6 Å². The molecule has 1 aliphatic heterocycles. The number of hydrogen-bond donors (Lipinski definition) is 2. The first-order valence-corrected chi connectivity index (χ1v) is 13.5. The zero-order valence-corrected chi connectivity index (χ0v) is 20.5. The van der Waals surface area contributed by atoms with Crippen molar-refractivity contribution in [3.63, 3.8) is 0 Å². The van der Waals surface area contributed by atoms with Gasteiger partial charge in [-0.25, -0.2) is 28.5 Å². The molecule has 13 heteroatoms. The van der Waals surface area contributed by atoms with Crippen molar-refractivity contribution >= 4 is 50.5 Å². The summed E-state index contributed by atoms with van der Waals surface area (Å²) in [5, 5.41) is 15.9. The van der Waals surface area contributed by atoms with Gasteiger partial charge in [-0.1, -0.05) is 19.3 Å². The average Bonchev–Trinajstić information content (AvgIpc) is 3.61.